The second-order valence-corrected chi connectivity index (χ2v) is 1.35. The van der Waals surface area contributed by atoms with Crippen molar-refractivity contribution in [2.24, 2.45) is 5.11 Å². The number of rotatable bonds is 3. The second kappa shape index (κ2) is 6.34. The van der Waals surface area contributed by atoms with Crippen molar-refractivity contribution in [3.8, 4) is 0 Å². The zero-order valence-corrected chi connectivity index (χ0v) is 5.04. The summed E-state index contributed by atoms with van der Waals surface area (Å²) in [5, 5.41) is 3.24. The Bertz CT molecular complexity index is 114. The zero-order valence-electron chi connectivity index (χ0n) is 4.29. The number of hydrogen-bond donors (Lipinski definition) is 0. The number of nitrogens with zero attached hydrogens (tertiary/aromatic N) is 3. The summed E-state index contributed by atoms with van der Waals surface area (Å²) in [7, 11) is 0. The Kier molecular flexibility index (Phi) is 5.82. The fourth-order valence-corrected chi connectivity index (χ4v) is 0.347. The summed E-state index contributed by atoms with van der Waals surface area (Å²) in [4.78, 5) is 2.54. The van der Waals surface area contributed by atoms with E-state index in [0.717, 1.165) is 0 Å². The molecule has 0 radical (unpaired) electrons. The lowest BCUT2D eigenvalue weighted by atomic mass is 10.5. The van der Waals surface area contributed by atoms with Crippen molar-refractivity contribution in [3.63, 3.8) is 0 Å². The van der Waals surface area contributed by atoms with Gasteiger partial charge >= 0.3 is 0 Å². The molecule has 44 valence electrons. The lowest BCUT2D eigenvalue weighted by molar-refractivity contribution is 1.21. The summed E-state index contributed by atoms with van der Waals surface area (Å²) in [5.74, 6) is 0.473. The van der Waals surface area contributed by atoms with E-state index in [9.17, 15) is 0 Å². The van der Waals surface area contributed by atoms with Gasteiger partial charge in [-0.3, -0.25) is 0 Å². The highest BCUT2D eigenvalue weighted by Gasteiger charge is 1.67. The second-order valence-electron chi connectivity index (χ2n) is 1.04. The molecule has 0 aromatic rings. The SMILES string of the molecule is [N-]=[N+]=NC/C=C\CCl. The van der Waals surface area contributed by atoms with Crippen LogP contribution in [0.2, 0.25) is 0 Å². The van der Waals surface area contributed by atoms with Crippen LogP contribution in [0.5, 0.6) is 0 Å². The minimum atomic E-state index is 0.392. The minimum absolute atomic E-state index is 0.392. The first-order chi connectivity index (χ1) is 3.91. The molecule has 8 heavy (non-hydrogen) atoms. The van der Waals surface area contributed by atoms with Gasteiger partial charge in [-0.15, -0.1) is 11.6 Å². The largest absolute Gasteiger partial charge is 0.122 e. The van der Waals surface area contributed by atoms with Gasteiger partial charge in [0.25, 0.3) is 0 Å². The van der Waals surface area contributed by atoms with E-state index in [1.807, 2.05) is 0 Å². The molecule has 0 aliphatic heterocycles. The smallest absolute Gasteiger partial charge is 0.0440 e. The molecule has 0 atom stereocenters. The van der Waals surface area contributed by atoms with Crippen LogP contribution in [0.3, 0.4) is 0 Å². The minimum Gasteiger partial charge on any atom is -0.122 e. The number of azide groups is 1. The van der Waals surface area contributed by atoms with E-state index in [4.69, 9.17) is 17.1 Å². The summed E-state index contributed by atoms with van der Waals surface area (Å²) in [6, 6.07) is 0. The topological polar surface area (TPSA) is 48.8 Å². The maximum Gasteiger partial charge on any atom is 0.0440 e. The van der Waals surface area contributed by atoms with Crippen LogP contribution in [-0.2, 0) is 0 Å². The monoisotopic (exact) mass is 131 g/mol. The van der Waals surface area contributed by atoms with E-state index in [-0.39, 0.29) is 0 Å². The van der Waals surface area contributed by atoms with Crippen molar-refractivity contribution in [1.29, 1.82) is 0 Å². The standard InChI is InChI=1S/C4H6ClN3/c5-3-1-2-4-7-8-6/h1-2H,3-4H2/b2-1-. The first-order valence-corrected chi connectivity index (χ1v) is 2.67. The van der Waals surface area contributed by atoms with Gasteiger partial charge in [0.05, 0.1) is 0 Å². The molecule has 0 heterocycles. The van der Waals surface area contributed by atoms with Crippen LogP contribution in [0.4, 0.5) is 0 Å². The Morgan fingerprint density at radius 2 is 2.38 bits per heavy atom. The molecule has 0 unspecified atom stereocenters. The molecule has 0 saturated carbocycles. The maximum atomic E-state index is 7.76. The van der Waals surface area contributed by atoms with E-state index in [2.05, 4.69) is 10.0 Å². The van der Waals surface area contributed by atoms with Gasteiger partial charge in [0.15, 0.2) is 0 Å². The van der Waals surface area contributed by atoms with Gasteiger partial charge in [0, 0.05) is 17.3 Å². The Morgan fingerprint density at radius 1 is 1.62 bits per heavy atom. The van der Waals surface area contributed by atoms with Gasteiger partial charge in [0.2, 0.25) is 0 Å². The molecule has 0 rings (SSSR count). The molecule has 0 saturated heterocycles. The molecular weight excluding hydrogens is 126 g/mol. The van der Waals surface area contributed by atoms with Crippen LogP contribution >= 0.6 is 11.6 Å². The van der Waals surface area contributed by atoms with Crippen LogP contribution in [0.15, 0.2) is 17.3 Å². The third kappa shape index (κ3) is 5.34. The number of hydrogen-bond acceptors (Lipinski definition) is 1. The molecule has 0 amide bonds. The van der Waals surface area contributed by atoms with Crippen molar-refractivity contribution in [2.75, 3.05) is 12.4 Å². The van der Waals surface area contributed by atoms with E-state index >= 15 is 0 Å². The summed E-state index contributed by atoms with van der Waals surface area (Å²) < 4.78 is 0. The number of allylic oxidation sites excluding steroid dienone is 1. The Labute approximate surface area is 52.6 Å². The van der Waals surface area contributed by atoms with Crippen molar-refractivity contribution in [3.05, 3.63) is 22.6 Å². The molecule has 0 spiro atoms. The van der Waals surface area contributed by atoms with E-state index < -0.39 is 0 Å². The Morgan fingerprint density at radius 3 is 2.88 bits per heavy atom. The Hall–Kier alpha value is -0.660. The molecule has 0 aromatic carbocycles. The van der Waals surface area contributed by atoms with Crippen LogP contribution in [0.1, 0.15) is 0 Å². The van der Waals surface area contributed by atoms with Crippen molar-refractivity contribution >= 4 is 11.6 Å². The molecule has 0 aliphatic rings. The maximum absolute atomic E-state index is 7.76. The van der Waals surface area contributed by atoms with Gasteiger partial charge in [-0.2, -0.15) is 0 Å². The van der Waals surface area contributed by atoms with Crippen LogP contribution in [0, 0.1) is 0 Å². The molecule has 0 fully saturated rings. The normalized spacial score (nSPS) is 9.12. The predicted octanol–water partition coefficient (Wildman–Crippen LogP) is 2.09. The lowest BCUT2D eigenvalue weighted by Crippen LogP contribution is -1.66. The van der Waals surface area contributed by atoms with Crippen molar-refractivity contribution in [2.45, 2.75) is 0 Å². The van der Waals surface area contributed by atoms with Gasteiger partial charge in [-0.05, 0) is 5.53 Å². The van der Waals surface area contributed by atoms with Crippen molar-refractivity contribution in [1.82, 2.24) is 0 Å². The zero-order chi connectivity index (χ0) is 6.24. The molecule has 0 aliphatic carbocycles. The molecule has 0 aromatic heterocycles. The average Bonchev–Trinajstić information content (AvgIpc) is 1.81. The van der Waals surface area contributed by atoms with Crippen LogP contribution < -0.4 is 0 Å². The predicted molar refractivity (Wildman–Crippen MR) is 33.9 cm³/mol. The molecular formula is C4H6ClN3. The van der Waals surface area contributed by atoms with Crippen LogP contribution in [0.25, 0.3) is 10.4 Å². The highest BCUT2D eigenvalue weighted by Crippen LogP contribution is 1.78. The fraction of sp³-hybridized carbons (Fsp3) is 0.500. The highest BCUT2D eigenvalue weighted by atomic mass is 35.5. The van der Waals surface area contributed by atoms with E-state index in [0.29, 0.717) is 12.4 Å². The third-order valence-corrected chi connectivity index (χ3v) is 0.684. The first-order valence-electron chi connectivity index (χ1n) is 2.13. The van der Waals surface area contributed by atoms with Gasteiger partial charge < -0.3 is 0 Å². The van der Waals surface area contributed by atoms with Gasteiger partial charge in [-0.25, -0.2) is 0 Å². The molecule has 0 N–H and O–H groups in total. The van der Waals surface area contributed by atoms with Crippen molar-refractivity contribution < 1.29 is 0 Å². The summed E-state index contributed by atoms with van der Waals surface area (Å²) in [5.41, 5.74) is 7.76. The quantitative estimate of drug-likeness (QED) is 0.185. The fourth-order valence-electron chi connectivity index (χ4n) is 0.221. The summed E-state index contributed by atoms with van der Waals surface area (Å²) in [6.07, 6.45) is 3.45. The average molecular weight is 132 g/mol. The first kappa shape index (κ1) is 7.34. The Balaban J connectivity index is 3.15. The highest BCUT2D eigenvalue weighted by molar-refractivity contribution is 6.18. The van der Waals surface area contributed by atoms with Crippen LogP contribution in [-0.4, -0.2) is 12.4 Å². The summed E-state index contributed by atoms with van der Waals surface area (Å²) in [6.45, 7) is 0.392. The van der Waals surface area contributed by atoms with E-state index in [1.54, 1.807) is 12.2 Å². The number of alkyl halides is 1. The molecule has 0 bridgehead atoms. The number of halogens is 1. The van der Waals surface area contributed by atoms with Gasteiger partial charge in [0.1, 0.15) is 0 Å². The third-order valence-electron chi connectivity index (χ3n) is 0.506. The van der Waals surface area contributed by atoms with Gasteiger partial charge in [-0.1, -0.05) is 17.3 Å². The molecule has 3 nitrogen and oxygen atoms in total. The molecule has 4 heteroatoms. The summed E-state index contributed by atoms with van der Waals surface area (Å²) >= 11 is 5.26. The van der Waals surface area contributed by atoms with E-state index in [1.165, 1.54) is 0 Å². The lowest BCUT2D eigenvalue weighted by Gasteiger charge is -1.73.